The number of benzene rings is 3. The van der Waals surface area contributed by atoms with E-state index in [9.17, 15) is 4.79 Å². The van der Waals surface area contributed by atoms with Crippen LogP contribution in [0.15, 0.2) is 108 Å². The van der Waals surface area contributed by atoms with E-state index in [2.05, 4.69) is 15.5 Å². The number of oxime groups is 1. The maximum atomic E-state index is 12.2. The molecule has 1 heterocycles. The lowest BCUT2D eigenvalue weighted by atomic mass is 10.1. The van der Waals surface area contributed by atoms with Crippen molar-refractivity contribution in [1.29, 1.82) is 0 Å². The maximum absolute atomic E-state index is 12.2. The first kappa shape index (κ1) is 21.6. The first-order valence-electron chi connectivity index (χ1n) is 10.3. The third kappa shape index (κ3) is 5.95. The Bertz CT molecular complexity index is 1230. The van der Waals surface area contributed by atoms with Crippen LogP contribution in [0, 0.1) is 0 Å². The van der Waals surface area contributed by atoms with E-state index in [-0.39, 0.29) is 24.2 Å². The molecule has 33 heavy (non-hydrogen) atoms. The fourth-order valence-corrected chi connectivity index (χ4v) is 3.05. The molecule has 0 spiro atoms. The smallest absolute Gasteiger partial charge is 0.265 e. The quantitative estimate of drug-likeness (QED) is 0.234. The van der Waals surface area contributed by atoms with Crippen molar-refractivity contribution in [2.45, 2.75) is 0 Å². The second kappa shape index (κ2) is 10.6. The van der Waals surface area contributed by atoms with E-state index < -0.39 is 0 Å². The van der Waals surface area contributed by atoms with Gasteiger partial charge < -0.3 is 20.6 Å². The number of nitrogens with zero attached hydrogens (tertiary/aromatic N) is 2. The highest BCUT2D eigenvalue weighted by molar-refractivity contribution is 5.99. The van der Waals surface area contributed by atoms with Gasteiger partial charge in [0.05, 0.1) is 5.56 Å². The van der Waals surface area contributed by atoms with Crippen molar-refractivity contribution >= 4 is 17.4 Å². The summed E-state index contributed by atoms with van der Waals surface area (Å²) in [5.41, 5.74) is 9.32. The Hall–Kier alpha value is -4.65. The number of carbonyl (C=O) groups excluding carboxylic acids is 1. The van der Waals surface area contributed by atoms with E-state index in [1.165, 1.54) is 0 Å². The number of hydrogen-bond donors (Lipinski definition) is 2. The van der Waals surface area contributed by atoms with Gasteiger partial charge in [0, 0.05) is 11.9 Å². The van der Waals surface area contributed by atoms with E-state index in [1.54, 1.807) is 30.5 Å². The molecule has 0 bridgehead atoms. The number of carbonyl (C=O) groups is 1. The number of pyridine rings is 1. The highest BCUT2D eigenvalue weighted by Crippen LogP contribution is 2.23. The lowest BCUT2D eigenvalue weighted by Crippen LogP contribution is -2.20. The molecular formula is C26H22N4O3. The van der Waals surface area contributed by atoms with E-state index in [0.29, 0.717) is 17.0 Å². The fourth-order valence-electron chi connectivity index (χ4n) is 3.05. The molecular weight excluding hydrogens is 416 g/mol. The van der Waals surface area contributed by atoms with Crippen LogP contribution in [-0.4, -0.2) is 23.3 Å². The van der Waals surface area contributed by atoms with Gasteiger partial charge in [0.2, 0.25) is 5.88 Å². The lowest BCUT2D eigenvalue weighted by Gasteiger charge is -2.09. The summed E-state index contributed by atoms with van der Waals surface area (Å²) in [6, 6.07) is 30.2. The SMILES string of the molecule is N/C(=N/OCC(=O)Nc1ccc(-c2ccccc2)cc1)c1cccnc1Oc1ccccc1. The Morgan fingerprint density at radius 3 is 2.24 bits per heavy atom. The largest absolute Gasteiger partial charge is 0.438 e. The predicted octanol–water partition coefficient (Wildman–Crippen LogP) is 4.82. The molecule has 0 radical (unpaired) electrons. The second-order valence-corrected chi connectivity index (χ2v) is 7.01. The van der Waals surface area contributed by atoms with Crippen molar-refractivity contribution in [1.82, 2.24) is 4.98 Å². The van der Waals surface area contributed by atoms with Crippen molar-refractivity contribution in [2.24, 2.45) is 10.9 Å². The van der Waals surface area contributed by atoms with E-state index in [4.69, 9.17) is 15.3 Å². The number of rotatable bonds is 8. The number of para-hydroxylation sites is 1. The van der Waals surface area contributed by atoms with Gasteiger partial charge in [-0.05, 0) is 47.5 Å². The summed E-state index contributed by atoms with van der Waals surface area (Å²) in [7, 11) is 0. The van der Waals surface area contributed by atoms with Gasteiger partial charge in [-0.25, -0.2) is 4.98 Å². The molecule has 4 rings (SSSR count). The third-order valence-corrected chi connectivity index (χ3v) is 4.64. The number of nitrogens with one attached hydrogen (secondary N) is 1. The van der Waals surface area contributed by atoms with Crippen molar-refractivity contribution in [2.75, 3.05) is 11.9 Å². The van der Waals surface area contributed by atoms with Gasteiger partial charge in [0.15, 0.2) is 12.4 Å². The molecule has 0 atom stereocenters. The molecule has 3 N–H and O–H groups in total. The van der Waals surface area contributed by atoms with Gasteiger partial charge in [0.25, 0.3) is 5.91 Å². The van der Waals surface area contributed by atoms with Crippen LogP contribution in [0.2, 0.25) is 0 Å². The highest BCUT2D eigenvalue weighted by Gasteiger charge is 2.11. The van der Waals surface area contributed by atoms with Crippen LogP contribution in [0.25, 0.3) is 11.1 Å². The molecule has 7 nitrogen and oxygen atoms in total. The molecule has 0 saturated heterocycles. The van der Waals surface area contributed by atoms with Gasteiger partial charge in [-0.15, -0.1) is 0 Å². The van der Waals surface area contributed by atoms with Crippen LogP contribution >= 0.6 is 0 Å². The van der Waals surface area contributed by atoms with Crippen LogP contribution in [0.5, 0.6) is 11.6 Å². The van der Waals surface area contributed by atoms with Gasteiger partial charge >= 0.3 is 0 Å². The van der Waals surface area contributed by atoms with Crippen LogP contribution in [0.1, 0.15) is 5.56 Å². The molecule has 3 aromatic carbocycles. The number of amidine groups is 1. The second-order valence-electron chi connectivity index (χ2n) is 7.01. The van der Waals surface area contributed by atoms with E-state index in [0.717, 1.165) is 11.1 Å². The molecule has 7 heteroatoms. The average molecular weight is 438 g/mol. The van der Waals surface area contributed by atoms with Gasteiger partial charge in [0.1, 0.15) is 5.75 Å². The Morgan fingerprint density at radius 1 is 0.848 bits per heavy atom. The third-order valence-electron chi connectivity index (χ3n) is 4.64. The topological polar surface area (TPSA) is 98.8 Å². The Morgan fingerprint density at radius 2 is 1.52 bits per heavy atom. The molecule has 0 fully saturated rings. The van der Waals surface area contributed by atoms with Crippen molar-refractivity contribution < 1.29 is 14.4 Å². The average Bonchev–Trinajstić information content (AvgIpc) is 2.86. The normalized spacial score (nSPS) is 11.0. The van der Waals surface area contributed by atoms with Gasteiger partial charge in [-0.2, -0.15) is 0 Å². The van der Waals surface area contributed by atoms with Crippen molar-refractivity contribution in [3.63, 3.8) is 0 Å². The summed E-state index contributed by atoms with van der Waals surface area (Å²) in [4.78, 5) is 21.6. The number of amides is 1. The van der Waals surface area contributed by atoms with Gasteiger partial charge in [-0.3, -0.25) is 4.79 Å². The number of nitrogens with two attached hydrogens (primary N) is 1. The molecule has 164 valence electrons. The molecule has 0 unspecified atom stereocenters. The maximum Gasteiger partial charge on any atom is 0.265 e. The molecule has 0 aliphatic heterocycles. The Balaban J connectivity index is 1.33. The molecule has 1 aromatic heterocycles. The summed E-state index contributed by atoms with van der Waals surface area (Å²) >= 11 is 0. The first-order valence-corrected chi connectivity index (χ1v) is 10.3. The highest BCUT2D eigenvalue weighted by atomic mass is 16.6. The number of hydrogen-bond acceptors (Lipinski definition) is 5. The molecule has 1 amide bonds. The van der Waals surface area contributed by atoms with Gasteiger partial charge in [-0.1, -0.05) is 65.8 Å². The molecule has 0 aliphatic carbocycles. The minimum absolute atomic E-state index is 0.0500. The summed E-state index contributed by atoms with van der Waals surface area (Å²) < 4.78 is 5.77. The fraction of sp³-hybridized carbons (Fsp3) is 0.0385. The Labute approximate surface area is 191 Å². The zero-order valence-electron chi connectivity index (χ0n) is 17.7. The standard InChI is InChI=1S/C26H22N4O3/c27-25(23-12-7-17-28-26(23)33-22-10-5-2-6-11-22)30-32-18-24(31)29-21-15-13-20(14-16-21)19-8-3-1-4-9-19/h1-17H,18H2,(H2,27,30)(H,29,31). The number of anilines is 1. The minimum Gasteiger partial charge on any atom is -0.438 e. The van der Waals surface area contributed by atoms with Crippen LogP contribution in [-0.2, 0) is 9.63 Å². The minimum atomic E-state index is -0.356. The van der Waals surface area contributed by atoms with Crippen LogP contribution < -0.4 is 15.8 Å². The van der Waals surface area contributed by atoms with Crippen molar-refractivity contribution in [3.05, 3.63) is 109 Å². The number of aromatic nitrogens is 1. The summed E-state index contributed by atoms with van der Waals surface area (Å²) in [5.74, 6) is 0.598. The zero-order chi connectivity index (χ0) is 22.9. The summed E-state index contributed by atoms with van der Waals surface area (Å²) in [6.07, 6.45) is 1.59. The first-order chi connectivity index (χ1) is 16.2. The predicted molar refractivity (Wildman–Crippen MR) is 128 cm³/mol. The van der Waals surface area contributed by atoms with Crippen LogP contribution in [0.3, 0.4) is 0 Å². The number of ether oxygens (including phenoxy) is 1. The lowest BCUT2D eigenvalue weighted by molar-refractivity contribution is -0.120. The zero-order valence-corrected chi connectivity index (χ0v) is 17.7. The summed E-state index contributed by atoms with van der Waals surface area (Å²) in [5, 5.41) is 6.61. The molecule has 0 saturated carbocycles. The Kier molecular flexibility index (Phi) is 6.92. The van der Waals surface area contributed by atoms with Crippen LogP contribution in [0.4, 0.5) is 5.69 Å². The molecule has 4 aromatic rings. The van der Waals surface area contributed by atoms with E-state index >= 15 is 0 Å². The summed E-state index contributed by atoms with van der Waals surface area (Å²) in [6.45, 7) is -0.295. The van der Waals surface area contributed by atoms with E-state index in [1.807, 2.05) is 72.8 Å². The van der Waals surface area contributed by atoms with Crippen molar-refractivity contribution in [3.8, 4) is 22.8 Å². The monoisotopic (exact) mass is 438 g/mol. The molecule has 0 aliphatic rings.